The van der Waals surface area contributed by atoms with Gasteiger partial charge in [-0.05, 0) is 19.4 Å². The first-order valence-corrected chi connectivity index (χ1v) is 6.06. The molecule has 16 heavy (non-hydrogen) atoms. The highest BCUT2D eigenvalue weighted by Crippen LogP contribution is 2.34. The zero-order valence-corrected chi connectivity index (χ0v) is 9.54. The molecule has 0 fully saturated rings. The highest BCUT2D eigenvalue weighted by molar-refractivity contribution is 7.16. The van der Waals surface area contributed by atoms with Gasteiger partial charge in [-0.15, -0.1) is 0 Å². The van der Waals surface area contributed by atoms with Crippen molar-refractivity contribution in [2.75, 3.05) is 0 Å². The number of fused-ring (bicyclic) bond motifs is 5. The molecule has 0 bridgehead atoms. The molecule has 0 saturated heterocycles. The Kier molecular flexibility index (Phi) is 1.46. The average Bonchev–Trinajstić information content (AvgIpc) is 2.88. The smallest absolute Gasteiger partial charge is 0.212 e. The van der Waals surface area contributed by atoms with Crippen LogP contribution in [0.3, 0.4) is 0 Å². The largest absolute Gasteiger partial charge is 0.469 e. The number of nitrogens with zero attached hydrogens (tertiary/aromatic N) is 3. The Labute approximate surface area is 95.5 Å². The predicted octanol–water partition coefficient (Wildman–Crippen LogP) is 2.46. The summed E-state index contributed by atoms with van der Waals surface area (Å²) in [5.41, 5.74) is 3.40. The van der Waals surface area contributed by atoms with Gasteiger partial charge in [0.25, 0.3) is 0 Å². The molecule has 0 amide bonds. The minimum atomic E-state index is 0.944. The topological polar surface area (TPSA) is 43.3 Å². The molecule has 1 aliphatic rings. The van der Waals surface area contributed by atoms with E-state index in [-0.39, 0.29) is 0 Å². The van der Waals surface area contributed by atoms with E-state index in [2.05, 4.69) is 10.1 Å². The van der Waals surface area contributed by atoms with Crippen LogP contribution in [0, 0.1) is 6.92 Å². The van der Waals surface area contributed by atoms with E-state index in [1.165, 1.54) is 5.69 Å². The molecule has 80 valence electrons. The van der Waals surface area contributed by atoms with Crippen LogP contribution in [0.2, 0.25) is 0 Å². The van der Waals surface area contributed by atoms with Crippen LogP contribution in [0.25, 0.3) is 16.2 Å². The molecule has 1 aliphatic carbocycles. The minimum Gasteiger partial charge on any atom is -0.469 e. The normalized spacial score (nSPS) is 14.1. The van der Waals surface area contributed by atoms with E-state index in [0.29, 0.717) is 0 Å². The van der Waals surface area contributed by atoms with Crippen molar-refractivity contribution in [3.8, 4) is 11.3 Å². The van der Waals surface area contributed by atoms with Gasteiger partial charge in [0.15, 0.2) is 0 Å². The van der Waals surface area contributed by atoms with Crippen molar-refractivity contribution in [1.29, 1.82) is 0 Å². The standard InChI is InChI=1S/C11H9N3OS/c1-6-13-14-8-2-3-9-7(4-5-15-9)10(8)12-11(14)16-6/h4-5H,2-3H2,1H3. The number of aryl methyl sites for hydroxylation is 3. The highest BCUT2D eigenvalue weighted by Gasteiger charge is 2.25. The van der Waals surface area contributed by atoms with Crippen LogP contribution >= 0.6 is 11.3 Å². The molecule has 0 aromatic carbocycles. The summed E-state index contributed by atoms with van der Waals surface area (Å²) >= 11 is 1.63. The van der Waals surface area contributed by atoms with Crippen molar-refractivity contribution >= 4 is 16.3 Å². The summed E-state index contributed by atoms with van der Waals surface area (Å²) in [4.78, 5) is 5.63. The summed E-state index contributed by atoms with van der Waals surface area (Å²) in [5, 5.41) is 5.54. The van der Waals surface area contributed by atoms with Crippen molar-refractivity contribution in [3.63, 3.8) is 0 Å². The molecule has 0 unspecified atom stereocenters. The molecule has 4 nitrogen and oxygen atoms in total. The lowest BCUT2D eigenvalue weighted by Crippen LogP contribution is -2.04. The highest BCUT2D eigenvalue weighted by atomic mass is 32.1. The summed E-state index contributed by atoms with van der Waals surface area (Å²) in [6, 6.07) is 2.00. The number of hydrogen-bond acceptors (Lipinski definition) is 4. The van der Waals surface area contributed by atoms with Crippen LogP contribution in [-0.4, -0.2) is 14.6 Å². The molecule has 0 spiro atoms. The van der Waals surface area contributed by atoms with Gasteiger partial charge >= 0.3 is 0 Å². The van der Waals surface area contributed by atoms with Gasteiger partial charge in [-0.2, -0.15) is 5.10 Å². The van der Waals surface area contributed by atoms with Gasteiger partial charge in [0, 0.05) is 12.0 Å². The van der Waals surface area contributed by atoms with Gasteiger partial charge in [0.1, 0.15) is 10.8 Å². The summed E-state index contributed by atoms with van der Waals surface area (Å²) < 4.78 is 7.42. The maximum atomic E-state index is 5.44. The fraction of sp³-hybridized carbons (Fsp3) is 0.273. The number of hydrogen-bond donors (Lipinski definition) is 0. The van der Waals surface area contributed by atoms with E-state index in [1.54, 1.807) is 17.6 Å². The first-order valence-electron chi connectivity index (χ1n) is 5.25. The second-order valence-electron chi connectivity index (χ2n) is 3.98. The molecule has 3 aromatic heterocycles. The Morgan fingerprint density at radius 1 is 1.44 bits per heavy atom. The Balaban J connectivity index is 2.10. The quantitative estimate of drug-likeness (QED) is 0.597. The van der Waals surface area contributed by atoms with Gasteiger partial charge in [-0.1, -0.05) is 11.3 Å². The summed E-state index contributed by atoms with van der Waals surface area (Å²) in [5.74, 6) is 1.05. The van der Waals surface area contributed by atoms with Gasteiger partial charge in [-0.3, -0.25) is 0 Å². The van der Waals surface area contributed by atoms with E-state index >= 15 is 0 Å². The molecule has 0 radical (unpaired) electrons. The van der Waals surface area contributed by atoms with E-state index < -0.39 is 0 Å². The Bertz CT molecular complexity index is 691. The lowest BCUT2D eigenvalue weighted by atomic mass is 10.00. The van der Waals surface area contributed by atoms with Gasteiger partial charge in [0.2, 0.25) is 4.96 Å². The van der Waals surface area contributed by atoms with Crippen LogP contribution in [0.15, 0.2) is 16.7 Å². The molecule has 4 rings (SSSR count). The van der Waals surface area contributed by atoms with Crippen LogP contribution < -0.4 is 0 Å². The molecule has 3 heterocycles. The van der Waals surface area contributed by atoms with Crippen molar-refractivity contribution in [3.05, 3.63) is 28.8 Å². The lowest BCUT2D eigenvalue weighted by Gasteiger charge is -2.08. The fourth-order valence-corrected chi connectivity index (χ4v) is 3.06. The molecule has 0 N–H and O–H groups in total. The second kappa shape index (κ2) is 2.74. The van der Waals surface area contributed by atoms with E-state index in [0.717, 1.165) is 39.8 Å². The summed E-state index contributed by atoms with van der Waals surface area (Å²) in [7, 11) is 0. The zero-order valence-electron chi connectivity index (χ0n) is 8.73. The molecule has 5 heteroatoms. The SMILES string of the molecule is Cc1nn2c3c(nc2s1)-c1ccoc1CC3. The maximum Gasteiger partial charge on any atom is 0.212 e. The minimum absolute atomic E-state index is 0.944. The van der Waals surface area contributed by atoms with Crippen LogP contribution in [0.5, 0.6) is 0 Å². The van der Waals surface area contributed by atoms with Crippen LogP contribution in [-0.2, 0) is 12.8 Å². The third-order valence-electron chi connectivity index (χ3n) is 2.99. The molecule has 0 saturated carbocycles. The summed E-state index contributed by atoms with van der Waals surface area (Å²) in [6.07, 6.45) is 3.64. The van der Waals surface area contributed by atoms with Crippen molar-refractivity contribution < 1.29 is 4.42 Å². The number of rotatable bonds is 0. The molecule has 3 aromatic rings. The van der Waals surface area contributed by atoms with Crippen LogP contribution in [0.1, 0.15) is 16.5 Å². The lowest BCUT2D eigenvalue weighted by molar-refractivity contribution is 0.505. The van der Waals surface area contributed by atoms with Crippen molar-refractivity contribution in [2.45, 2.75) is 19.8 Å². The molecular formula is C11H9N3OS. The molecular weight excluding hydrogens is 222 g/mol. The number of imidazole rings is 1. The molecule has 0 atom stereocenters. The molecule has 0 aliphatic heterocycles. The van der Waals surface area contributed by atoms with Crippen LogP contribution in [0.4, 0.5) is 0 Å². The average molecular weight is 231 g/mol. The number of aromatic nitrogens is 3. The maximum absolute atomic E-state index is 5.44. The first-order chi connectivity index (χ1) is 7.83. The third kappa shape index (κ3) is 0.936. The first kappa shape index (κ1) is 8.52. The van der Waals surface area contributed by atoms with Crippen molar-refractivity contribution in [2.24, 2.45) is 0 Å². The predicted molar refractivity (Wildman–Crippen MR) is 60.7 cm³/mol. The van der Waals surface area contributed by atoms with Gasteiger partial charge in [0.05, 0.1) is 17.7 Å². The van der Waals surface area contributed by atoms with Gasteiger partial charge < -0.3 is 4.42 Å². The summed E-state index contributed by atoms with van der Waals surface area (Å²) in [6.45, 7) is 2.01. The number of furan rings is 1. The fourth-order valence-electron chi connectivity index (χ4n) is 2.30. The van der Waals surface area contributed by atoms with E-state index in [9.17, 15) is 0 Å². The van der Waals surface area contributed by atoms with Crippen molar-refractivity contribution in [1.82, 2.24) is 14.6 Å². The van der Waals surface area contributed by atoms with E-state index in [1.807, 2.05) is 17.5 Å². The second-order valence-corrected chi connectivity index (χ2v) is 5.14. The zero-order chi connectivity index (χ0) is 10.7. The Morgan fingerprint density at radius 2 is 2.38 bits per heavy atom. The Morgan fingerprint density at radius 3 is 3.31 bits per heavy atom. The third-order valence-corrected chi connectivity index (χ3v) is 3.81. The monoisotopic (exact) mass is 231 g/mol. The van der Waals surface area contributed by atoms with E-state index in [4.69, 9.17) is 4.42 Å². The van der Waals surface area contributed by atoms with Gasteiger partial charge in [-0.25, -0.2) is 9.50 Å². The Hall–Kier alpha value is -1.62.